The van der Waals surface area contributed by atoms with Gasteiger partial charge in [0.1, 0.15) is 5.01 Å². The fourth-order valence-electron chi connectivity index (χ4n) is 3.16. The number of fused-ring (bicyclic) bond motifs is 2. The van der Waals surface area contributed by atoms with Crippen molar-refractivity contribution in [2.24, 2.45) is 0 Å². The molecular formula is C20H18N4O2S2. The van der Waals surface area contributed by atoms with Gasteiger partial charge in [0.25, 0.3) is 11.5 Å². The number of nitrogens with zero attached hydrogens (tertiary/aromatic N) is 3. The van der Waals surface area contributed by atoms with E-state index in [4.69, 9.17) is 12.2 Å². The van der Waals surface area contributed by atoms with E-state index < -0.39 is 0 Å². The van der Waals surface area contributed by atoms with Gasteiger partial charge in [-0.2, -0.15) is 0 Å². The largest absolute Gasteiger partial charge is 0.335 e. The van der Waals surface area contributed by atoms with Crippen molar-refractivity contribution in [3.63, 3.8) is 0 Å². The van der Waals surface area contributed by atoms with E-state index in [-0.39, 0.29) is 11.5 Å². The minimum absolute atomic E-state index is 0.139. The molecule has 1 amide bonds. The van der Waals surface area contributed by atoms with Crippen molar-refractivity contribution in [2.45, 2.75) is 20.0 Å². The molecule has 0 saturated heterocycles. The number of carbonyl (C=O) groups excluding carboxylic acids is 1. The molecule has 0 bridgehead atoms. The van der Waals surface area contributed by atoms with Gasteiger partial charge < -0.3 is 9.88 Å². The van der Waals surface area contributed by atoms with Crippen LogP contribution in [0, 0.1) is 4.77 Å². The first-order chi connectivity index (χ1) is 13.5. The third kappa shape index (κ3) is 3.25. The molecule has 0 fully saturated rings. The van der Waals surface area contributed by atoms with Crippen LogP contribution in [0.25, 0.3) is 21.1 Å². The van der Waals surface area contributed by atoms with Crippen molar-refractivity contribution >= 4 is 50.6 Å². The van der Waals surface area contributed by atoms with Crippen molar-refractivity contribution in [3.8, 4) is 0 Å². The van der Waals surface area contributed by atoms with Gasteiger partial charge in [-0.05, 0) is 49.5 Å². The highest BCUT2D eigenvalue weighted by molar-refractivity contribution is 7.71. The zero-order valence-corrected chi connectivity index (χ0v) is 17.1. The van der Waals surface area contributed by atoms with Crippen molar-refractivity contribution < 1.29 is 4.79 Å². The maximum Gasteiger partial charge on any atom is 0.262 e. The molecule has 2 heterocycles. The van der Waals surface area contributed by atoms with Crippen LogP contribution in [0.2, 0.25) is 0 Å². The van der Waals surface area contributed by atoms with E-state index in [1.807, 2.05) is 31.2 Å². The van der Waals surface area contributed by atoms with Crippen LogP contribution in [-0.4, -0.2) is 32.4 Å². The molecule has 0 saturated carbocycles. The van der Waals surface area contributed by atoms with Gasteiger partial charge in [0.15, 0.2) is 4.77 Å². The summed E-state index contributed by atoms with van der Waals surface area (Å²) in [7, 11) is 1.75. The van der Waals surface area contributed by atoms with Gasteiger partial charge in [0.2, 0.25) is 0 Å². The number of hydrogen-bond acceptors (Lipinski definition) is 5. The SMILES string of the molecule is CCn1c(=S)[nH]c2cc(C(=O)N(C)Cc3nc4ccccc4s3)ccc2c1=O. The van der Waals surface area contributed by atoms with E-state index >= 15 is 0 Å². The average Bonchev–Trinajstić information content (AvgIpc) is 3.09. The molecule has 6 nitrogen and oxygen atoms in total. The molecule has 8 heteroatoms. The van der Waals surface area contributed by atoms with Crippen LogP contribution in [0.15, 0.2) is 47.3 Å². The highest BCUT2D eigenvalue weighted by Crippen LogP contribution is 2.23. The summed E-state index contributed by atoms with van der Waals surface area (Å²) in [6.45, 7) is 2.78. The third-order valence-corrected chi connectivity index (χ3v) is 5.95. The van der Waals surface area contributed by atoms with Crippen LogP contribution < -0.4 is 5.56 Å². The Balaban J connectivity index is 1.64. The number of aromatic amines is 1. The second-order valence-corrected chi connectivity index (χ2v) is 7.98. The van der Waals surface area contributed by atoms with Crippen LogP contribution in [0.4, 0.5) is 0 Å². The number of thiazole rings is 1. The van der Waals surface area contributed by atoms with E-state index in [9.17, 15) is 9.59 Å². The summed E-state index contributed by atoms with van der Waals surface area (Å²) in [6.07, 6.45) is 0. The number of para-hydroxylation sites is 1. The molecule has 2 aromatic heterocycles. The maximum absolute atomic E-state index is 12.9. The number of H-pyrrole nitrogens is 1. The van der Waals surface area contributed by atoms with Gasteiger partial charge >= 0.3 is 0 Å². The monoisotopic (exact) mass is 410 g/mol. The van der Waals surface area contributed by atoms with Gasteiger partial charge in [-0.15, -0.1) is 11.3 Å². The van der Waals surface area contributed by atoms with Crippen molar-refractivity contribution in [1.82, 2.24) is 19.4 Å². The van der Waals surface area contributed by atoms with E-state index in [1.165, 1.54) is 4.57 Å². The molecule has 0 radical (unpaired) electrons. The highest BCUT2D eigenvalue weighted by Gasteiger charge is 2.16. The molecule has 0 spiro atoms. The van der Waals surface area contributed by atoms with Crippen LogP contribution in [-0.2, 0) is 13.1 Å². The van der Waals surface area contributed by atoms with Crippen molar-refractivity contribution in [1.29, 1.82) is 0 Å². The first-order valence-electron chi connectivity index (χ1n) is 8.84. The Morgan fingerprint density at radius 1 is 1.29 bits per heavy atom. The first-order valence-corrected chi connectivity index (χ1v) is 10.1. The quantitative estimate of drug-likeness (QED) is 0.517. The van der Waals surface area contributed by atoms with Crippen molar-refractivity contribution in [2.75, 3.05) is 7.05 Å². The lowest BCUT2D eigenvalue weighted by Gasteiger charge is -2.16. The molecule has 4 aromatic rings. The second kappa shape index (κ2) is 7.29. The minimum Gasteiger partial charge on any atom is -0.335 e. The summed E-state index contributed by atoms with van der Waals surface area (Å²) in [4.78, 5) is 34.6. The van der Waals surface area contributed by atoms with Gasteiger partial charge in [0, 0.05) is 19.2 Å². The standard InChI is InChI=1S/C20H18N4O2S2/c1-3-24-19(26)13-9-8-12(10-15(13)22-20(24)27)18(25)23(2)11-17-21-14-6-4-5-7-16(14)28-17/h4-10H,3,11H2,1-2H3,(H,22,27). The molecule has 4 rings (SSSR count). The fraction of sp³-hybridized carbons (Fsp3) is 0.200. The Morgan fingerprint density at radius 3 is 2.82 bits per heavy atom. The lowest BCUT2D eigenvalue weighted by atomic mass is 10.1. The van der Waals surface area contributed by atoms with Crippen LogP contribution in [0.1, 0.15) is 22.3 Å². The first kappa shape index (κ1) is 18.5. The van der Waals surface area contributed by atoms with Gasteiger partial charge in [-0.25, -0.2) is 4.98 Å². The summed E-state index contributed by atoms with van der Waals surface area (Å²) < 4.78 is 2.95. The normalized spacial score (nSPS) is 11.2. The lowest BCUT2D eigenvalue weighted by Crippen LogP contribution is -2.26. The van der Waals surface area contributed by atoms with Crippen LogP contribution in [0.3, 0.4) is 0 Å². The molecule has 28 heavy (non-hydrogen) atoms. The summed E-state index contributed by atoms with van der Waals surface area (Å²) in [5.41, 5.74) is 1.85. The molecule has 0 aliphatic heterocycles. The van der Waals surface area contributed by atoms with E-state index in [0.29, 0.717) is 34.3 Å². The van der Waals surface area contributed by atoms with Crippen LogP contribution >= 0.6 is 23.6 Å². The maximum atomic E-state index is 12.9. The number of benzene rings is 2. The molecule has 0 aliphatic rings. The molecule has 0 aliphatic carbocycles. The summed E-state index contributed by atoms with van der Waals surface area (Å²) in [5.74, 6) is -0.139. The molecule has 0 atom stereocenters. The van der Waals surface area contributed by atoms with Gasteiger partial charge in [-0.1, -0.05) is 12.1 Å². The van der Waals surface area contributed by atoms with Gasteiger partial charge in [-0.3, -0.25) is 14.2 Å². The Labute approximate surface area is 170 Å². The summed E-state index contributed by atoms with van der Waals surface area (Å²) in [6, 6.07) is 12.9. The van der Waals surface area contributed by atoms with Crippen molar-refractivity contribution in [3.05, 3.63) is 68.2 Å². The number of amides is 1. The number of rotatable bonds is 4. The minimum atomic E-state index is -0.150. The third-order valence-electron chi connectivity index (χ3n) is 4.60. The van der Waals surface area contributed by atoms with E-state index in [2.05, 4.69) is 9.97 Å². The molecule has 1 N–H and O–H groups in total. The Bertz CT molecular complexity index is 1290. The predicted molar refractivity (Wildman–Crippen MR) is 114 cm³/mol. The highest BCUT2D eigenvalue weighted by atomic mass is 32.1. The molecule has 2 aromatic carbocycles. The Hall–Kier alpha value is -2.84. The van der Waals surface area contributed by atoms with E-state index in [0.717, 1.165) is 15.2 Å². The topological polar surface area (TPSA) is 71.0 Å². The Morgan fingerprint density at radius 2 is 2.07 bits per heavy atom. The second-order valence-electron chi connectivity index (χ2n) is 6.48. The number of aromatic nitrogens is 3. The Kier molecular flexibility index (Phi) is 4.82. The zero-order valence-electron chi connectivity index (χ0n) is 15.4. The number of hydrogen-bond donors (Lipinski definition) is 1. The predicted octanol–water partition coefficient (Wildman–Crippen LogP) is 3.96. The van der Waals surface area contributed by atoms with Crippen LogP contribution in [0.5, 0.6) is 0 Å². The molecular weight excluding hydrogens is 392 g/mol. The lowest BCUT2D eigenvalue weighted by molar-refractivity contribution is 0.0785. The van der Waals surface area contributed by atoms with Gasteiger partial charge in [0.05, 0.1) is 27.7 Å². The molecule has 0 unspecified atom stereocenters. The average molecular weight is 411 g/mol. The smallest absolute Gasteiger partial charge is 0.262 e. The number of nitrogens with one attached hydrogen (secondary N) is 1. The van der Waals surface area contributed by atoms with E-state index in [1.54, 1.807) is 41.5 Å². The number of carbonyl (C=O) groups is 1. The fourth-order valence-corrected chi connectivity index (χ4v) is 4.50. The zero-order chi connectivity index (χ0) is 19.8. The molecule has 142 valence electrons. The summed E-state index contributed by atoms with van der Waals surface area (Å²) in [5, 5.41) is 1.39. The summed E-state index contributed by atoms with van der Waals surface area (Å²) >= 11 is 6.83.